The average Bonchev–Trinajstić information content (AvgIpc) is 4.12. The molecule has 5 aliphatic rings. The van der Waals surface area contributed by atoms with E-state index in [1.54, 1.807) is 58.9 Å². The molecule has 0 aromatic heterocycles. The van der Waals surface area contributed by atoms with Crippen LogP contribution in [0, 0.1) is 17.3 Å². The molecule has 16 nitrogen and oxygen atoms in total. The standard InChI is InChI=1S/C43H56N2O14/c1-23(47)34(38(51)44-29(21-46)15-17-33(49)58-41(2,3)4)45-37(50)26-19-30(35-31(20-26)57-43(59-35,27-11-12-27)28-13-14-28)55-39(52)25-9-7-8-24(18-25)10-16-32(48)56-36-40(53)54-22-42(36,5)6/h7-10,16,18,20,23,27-31,34-36,46-47H,11-15,17,19,21-22H2,1-6H3,(H,44,51)(H,45,50). The van der Waals surface area contributed by atoms with Crippen molar-refractivity contribution in [2.75, 3.05) is 13.2 Å². The number of aliphatic hydroxyl groups is 2. The van der Waals surface area contributed by atoms with E-state index in [9.17, 15) is 39.0 Å². The van der Waals surface area contributed by atoms with E-state index in [2.05, 4.69) is 10.6 Å². The van der Waals surface area contributed by atoms with Gasteiger partial charge < -0.3 is 49.3 Å². The van der Waals surface area contributed by atoms with Gasteiger partial charge in [0.1, 0.15) is 36.6 Å². The number of nitrogens with one attached hydrogen (secondary N) is 2. The van der Waals surface area contributed by atoms with Gasteiger partial charge in [0.2, 0.25) is 17.9 Å². The average molecular weight is 825 g/mol. The third kappa shape index (κ3) is 10.8. The number of hydrogen-bond donors (Lipinski definition) is 4. The molecule has 0 spiro atoms. The molecule has 2 saturated carbocycles. The van der Waals surface area contributed by atoms with Gasteiger partial charge in [0.15, 0.2) is 5.79 Å². The second-order valence-electron chi connectivity index (χ2n) is 17.9. The topological polar surface area (TPSA) is 222 Å². The summed E-state index contributed by atoms with van der Waals surface area (Å²) in [5.74, 6) is -4.60. The monoisotopic (exact) mass is 824 g/mol. The number of carbonyl (C=O) groups excluding carboxylic acids is 6. The lowest BCUT2D eigenvalue weighted by Gasteiger charge is -2.31. The number of fused-ring (bicyclic) bond motifs is 1. The first-order chi connectivity index (χ1) is 27.8. The second-order valence-corrected chi connectivity index (χ2v) is 17.9. The van der Waals surface area contributed by atoms with E-state index in [0.717, 1.165) is 31.8 Å². The van der Waals surface area contributed by atoms with Crippen molar-refractivity contribution < 1.29 is 67.4 Å². The number of carbonyl (C=O) groups is 6. The fourth-order valence-corrected chi connectivity index (χ4v) is 7.62. The zero-order valence-electron chi connectivity index (χ0n) is 34.4. The molecular formula is C43H56N2O14. The van der Waals surface area contributed by atoms with E-state index in [-0.39, 0.29) is 48.8 Å². The van der Waals surface area contributed by atoms with Crippen LogP contribution in [0.5, 0.6) is 0 Å². The number of rotatable bonds is 16. The Kier molecular flexibility index (Phi) is 13.0. The van der Waals surface area contributed by atoms with Gasteiger partial charge in [0.05, 0.1) is 24.3 Å². The van der Waals surface area contributed by atoms with E-state index in [1.807, 2.05) is 0 Å². The fourth-order valence-electron chi connectivity index (χ4n) is 7.62. The Morgan fingerprint density at radius 2 is 1.71 bits per heavy atom. The van der Waals surface area contributed by atoms with Gasteiger partial charge in [-0.05, 0) is 89.6 Å². The van der Waals surface area contributed by atoms with Crippen molar-refractivity contribution in [1.82, 2.24) is 10.6 Å². The molecular weight excluding hydrogens is 768 g/mol. The van der Waals surface area contributed by atoms with Crippen molar-refractivity contribution in [3.8, 4) is 0 Å². The van der Waals surface area contributed by atoms with Crippen LogP contribution < -0.4 is 10.6 Å². The number of amides is 2. The molecule has 16 heteroatoms. The molecule has 322 valence electrons. The van der Waals surface area contributed by atoms with Crippen LogP contribution >= 0.6 is 0 Å². The molecule has 3 aliphatic carbocycles. The number of hydrogen-bond acceptors (Lipinski definition) is 14. The summed E-state index contributed by atoms with van der Waals surface area (Å²) in [7, 11) is 0. The van der Waals surface area contributed by atoms with E-state index in [0.29, 0.717) is 5.56 Å². The number of esters is 4. The van der Waals surface area contributed by atoms with Crippen molar-refractivity contribution >= 4 is 41.8 Å². The molecule has 7 atom stereocenters. The van der Waals surface area contributed by atoms with Crippen LogP contribution in [-0.2, 0) is 52.4 Å². The molecule has 0 radical (unpaired) electrons. The van der Waals surface area contributed by atoms with Gasteiger partial charge in [-0.2, -0.15) is 0 Å². The van der Waals surface area contributed by atoms with Gasteiger partial charge in [-0.15, -0.1) is 0 Å². The Balaban J connectivity index is 1.14. The summed E-state index contributed by atoms with van der Waals surface area (Å²) in [6, 6.07) is 4.05. The van der Waals surface area contributed by atoms with Crippen molar-refractivity contribution in [1.29, 1.82) is 0 Å². The van der Waals surface area contributed by atoms with Crippen molar-refractivity contribution in [3.63, 3.8) is 0 Å². The lowest BCUT2D eigenvalue weighted by atomic mass is 9.90. The number of aliphatic hydroxyl groups excluding tert-OH is 2. The molecule has 2 aliphatic heterocycles. The Labute approximate surface area is 343 Å². The summed E-state index contributed by atoms with van der Waals surface area (Å²) in [4.78, 5) is 78.0. The van der Waals surface area contributed by atoms with Crippen LogP contribution in [0.15, 0.2) is 42.0 Å². The van der Waals surface area contributed by atoms with Gasteiger partial charge in [0.25, 0.3) is 0 Å². The van der Waals surface area contributed by atoms with E-state index in [4.69, 9.17) is 28.4 Å². The third-order valence-corrected chi connectivity index (χ3v) is 11.0. The Morgan fingerprint density at radius 3 is 2.31 bits per heavy atom. The maximum atomic E-state index is 13.9. The molecule has 2 saturated heterocycles. The Morgan fingerprint density at radius 1 is 1.02 bits per heavy atom. The summed E-state index contributed by atoms with van der Waals surface area (Å²) in [5.41, 5.74) is -0.592. The summed E-state index contributed by atoms with van der Waals surface area (Å²) in [5, 5.41) is 25.7. The fraction of sp³-hybridized carbons (Fsp3) is 0.628. The minimum atomic E-state index is -1.44. The SMILES string of the molecule is CC(O)C(NC(=O)C1=CC2OC(C3CC3)(C3CC3)OC2C(OC(=O)c2cccc(C=CC(=O)OC3C(=O)OCC3(C)C)c2)C1)C(=O)NC(CO)CCC(=O)OC(C)(C)C. The molecule has 2 amide bonds. The van der Waals surface area contributed by atoms with Crippen molar-refractivity contribution in [2.24, 2.45) is 17.3 Å². The van der Waals surface area contributed by atoms with Gasteiger partial charge in [-0.25, -0.2) is 14.4 Å². The predicted octanol–water partition coefficient (Wildman–Crippen LogP) is 2.82. The lowest BCUT2D eigenvalue weighted by molar-refractivity contribution is -0.209. The van der Waals surface area contributed by atoms with Crippen molar-refractivity contribution in [3.05, 3.63) is 53.1 Å². The van der Waals surface area contributed by atoms with Crippen LogP contribution in [0.4, 0.5) is 0 Å². The smallest absolute Gasteiger partial charge is 0.348 e. The van der Waals surface area contributed by atoms with Crippen LogP contribution in [0.25, 0.3) is 6.08 Å². The summed E-state index contributed by atoms with van der Waals surface area (Å²) in [6.45, 7) is 9.66. The summed E-state index contributed by atoms with van der Waals surface area (Å²) >= 11 is 0. The minimum Gasteiger partial charge on any atom is -0.462 e. The molecule has 4 fully saturated rings. The molecule has 1 aromatic rings. The maximum Gasteiger partial charge on any atom is 0.348 e. The quantitative estimate of drug-likeness (QED) is 0.107. The zero-order valence-corrected chi connectivity index (χ0v) is 34.4. The Bertz CT molecular complexity index is 1840. The zero-order chi connectivity index (χ0) is 42.9. The summed E-state index contributed by atoms with van der Waals surface area (Å²) < 4.78 is 35.1. The van der Waals surface area contributed by atoms with Gasteiger partial charge in [-0.3, -0.25) is 14.4 Å². The Hall–Kier alpha value is -4.64. The predicted molar refractivity (Wildman–Crippen MR) is 208 cm³/mol. The van der Waals surface area contributed by atoms with Gasteiger partial charge in [-0.1, -0.05) is 26.0 Å². The van der Waals surface area contributed by atoms with Crippen molar-refractivity contribution in [2.45, 2.75) is 140 Å². The van der Waals surface area contributed by atoms with Crippen LogP contribution in [-0.4, -0.2) is 113 Å². The van der Waals surface area contributed by atoms with Gasteiger partial charge >= 0.3 is 23.9 Å². The second kappa shape index (κ2) is 17.5. The molecule has 6 rings (SSSR count). The van der Waals surface area contributed by atoms with Crippen LogP contribution in [0.2, 0.25) is 0 Å². The maximum absolute atomic E-state index is 13.9. The first kappa shape index (κ1) is 43.9. The van der Waals surface area contributed by atoms with Crippen LogP contribution in [0.3, 0.4) is 0 Å². The summed E-state index contributed by atoms with van der Waals surface area (Å²) in [6.07, 6.45) is 2.94. The highest BCUT2D eigenvalue weighted by atomic mass is 16.8. The molecule has 2 heterocycles. The number of ether oxygens (including phenoxy) is 6. The first-order valence-electron chi connectivity index (χ1n) is 20.3. The largest absolute Gasteiger partial charge is 0.462 e. The van der Waals surface area contributed by atoms with E-state index >= 15 is 0 Å². The molecule has 1 aromatic carbocycles. The highest BCUT2D eigenvalue weighted by Crippen LogP contribution is 2.59. The first-order valence-corrected chi connectivity index (χ1v) is 20.3. The lowest BCUT2D eigenvalue weighted by Crippen LogP contribution is -2.55. The number of benzene rings is 1. The van der Waals surface area contributed by atoms with E-state index < -0.39 is 102 Å². The van der Waals surface area contributed by atoms with E-state index in [1.165, 1.54) is 19.1 Å². The van der Waals surface area contributed by atoms with Crippen LogP contribution in [0.1, 0.15) is 102 Å². The third-order valence-electron chi connectivity index (χ3n) is 11.0. The highest BCUT2D eigenvalue weighted by molar-refractivity contribution is 5.98. The normalized spacial score (nSPS) is 26.1. The molecule has 4 N–H and O–H groups in total. The molecule has 0 bridgehead atoms. The van der Waals surface area contributed by atoms with Gasteiger partial charge in [0, 0.05) is 41.7 Å². The molecule has 7 unspecified atom stereocenters. The molecule has 59 heavy (non-hydrogen) atoms. The highest BCUT2D eigenvalue weighted by Gasteiger charge is 2.64. The number of cyclic esters (lactones) is 1. The minimum absolute atomic E-state index is 0.0582.